The van der Waals surface area contributed by atoms with E-state index in [0.29, 0.717) is 16.5 Å². The van der Waals surface area contributed by atoms with Crippen LogP contribution in [0.25, 0.3) is 5.69 Å². The molecule has 2 N–H and O–H groups in total. The lowest BCUT2D eigenvalue weighted by atomic mass is 10.1. The molecular weight excluding hydrogens is 299 g/mol. The third-order valence-electron chi connectivity index (χ3n) is 2.89. The topological polar surface area (TPSA) is 57.2 Å². The number of esters is 1. The first kappa shape index (κ1) is 14.9. The van der Waals surface area contributed by atoms with E-state index in [1.807, 2.05) is 22.9 Å². The fraction of sp³-hybridized carbons (Fsp3) is 0.214. The lowest BCUT2D eigenvalue weighted by molar-refractivity contribution is -0.142. The van der Waals surface area contributed by atoms with Gasteiger partial charge in [0.1, 0.15) is 6.04 Å². The molecule has 6 heteroatoms. The molecule has 0 aliphatic rings. The van der Waals surface area contributed by atoms with Gasteiger partial charge in [0.15, 0.2) is 0 Å². The predicted molar refractivity (Wildman–Crippen MR) is 79.5 cm³/mol. The highest BCUT2D eigenvalue weighted by Gasteiger charge is 2.16. The molecule has 2 rings (SSSR count). The number of methoxy groups -OCH3 is 1. The summed E-state index contributed by atoms with van der Waals surface area (Å²) < 4.78 is 6.52. The number of carbonyl (C=O) groups is 1. The first-order chi connectivity index (χ1) is 9.51. The monoisotopic (exact) mass is 312 g/mol. The number of rotatable bonds is 4. The van der Waals surface area contributed by atoms with Crippen molar-refractivity contribution in [1.82, 2.24) is 4.57 Å². The zero-order chi connectivity index (χ0) is 14.7. The van der Waals surface area contributed by atoms with Gasteiger partial charge in [0.05, 0.1) is 7.11 Å². The molecule has 106 valence electrons. The second kappa shape index (κ2) is 6.31. The predicted octanol–water partition coefficient (Wildman–Crippen LogP) is 2.83. The van der Waals surface area contributed by atoms with Gasteiger partial charge in [0.25, 0.3) is 0 Å². The van der Waals surface area contributed by atoms with Crippen LogP contribution in [0.15, 0.2) is 36.5 Å². The minimum absolute atomic E-state index is 0.365. The summed E-state index contributed by atoms with van der Waals surface area (Å²) in [6.07, 6.45) is 2.23. The Hall–Kier alpha value is -1.49. The molecule has 2 aromatic rings. The number of aromatic nitrogens is 1. The molecule has 0 fully saturated rings. The Labute approximate surface area is 127 Å². The van der Waals surface area contributed by atoms with E-state index < -0.39 is 12.0 Å². The van der Waals surface area contributed by atoms with Crippen molar-refractivity contribution in [2.45, 2.75) is 12.5 Å². The molecule has 0 saturated carbocycles. The van der Waals surface area contributed by atoms with Gasteiger partial charge < -0.3 is 15.0 Å². The first-order valence-electron chi connectivity index (χ1n) is 5.97. The summed E-state index contributed by atoms with van der Waals surface area (Å²) in [5.41, 5.74) is 7.48. The minimum Gasteiger partial charge on any atom is -0.468 e. The lowest BCUT2D eigenvalue weighted by Crippen LogP contribution is -2.34. The Balaban J connectivity index is 2.30. The molecule has 0 spiro atoms. The van der Waals surface area contributed by atoms with Crippen molar-refractivity contribution < 1.29 is 9.53 Å². The average Bonchev–Trinajstić information content (AvgIpc) is 2.84. The molecule has 0 aliphatic carbocycles. The lowest BCUT2D eigenvalue weighted by Gasteiger charge is -2.13. The van der Waals surface area contributed by atoms with Crippen LogP contribution in [0.4, 0.5) is 0 Å². The maximum Gasteiger partial charge on any atom is 0.323 e. The normalized spacial score (nSPS) is 12.2. The highest BCUT2D eigenvalue weighted by atomic mass is 35.5. The Kier molecular flexibility index (Phi) is 4.70. The maximum atomic E-state index is 11.4. The molecule has 0 saturated heterocycles. The number of carbonyl (C=O) groups excluding carboxylic acids is 1. The van der Waals surface area contributed by atoms with E-state index in [9.17, 15) is 4.79 Å². The van der Waals surface area contributed by atoms with Crippen molar-refractivity contribution in [2.75, 3.05) is 7.11 Å². The second-order valence-electron chi connectivity index (χ2n) is 4.33. The Bertz CT molecular complexity index is 605. The van der Waals surface area contributed by atoms with E-state index >= 15 is 0 Å². The van der Waals surface area contributed by atoms with Crippen LogP contribution in [0, 0.1) is 0 Å². The Morgan fingerprint density at radius 3 is 2.60 bits per heavy atom. The molecule has 0 bridgehead atoms. The summed E-state index contributed by atoms with van der Waals surface area (Å²) in [4.78, 5) is 11.4. The molecule has 1 aromatic carbocycles. The second-order valence-corrected chi connectivity index (χ2v) is 5.20. The van der Waals surface area contributed by atoms with E-state index in [1.165, 1.54) is 7.11 Å². The number of halogens is 2. The molecule has 1 heterocycles. The molecule has 20 heavy (non-hydrogen) atoms. The van der Waals surface area contributed by atoms with Gasteiger partial charge in [-0.05, 0) is 30.3 Å². The van der Waals surface area contributed by atoms with Gasteiger partial charge in [-0.3, -0.25) is 4.79 Å². The van der Waals surface area contributed by atoms with Crippen molar-refractivity contribution in [3.05, 3.63) is 52.3 Å². The maximum absolute atomic E-state index is 11.4. The van der Waals surface area contributed by atoms with Gasteiger partial charge >= 0.3 is 5.97 Å². The fourth-order valence-electron chi connectivity index (χ4n) is 1.97. The van der Waals surface area contributed by atoms with Gasteiger partial charge in [-0.15, -0.1) is 0 Å². The summed E-state index contributed by atoms with van der Waals surface area (Å²) >= 11 is 12.0. The number of nitrogens with zero attached hydrogens (tertiary/aromatic N) is 1. The van der Waals surface area contributed by atoms with Crippen LogP contribution >= 0.6 is 23.2 Å². The highest BCUT2D eigenvalue weighted by Crippen LogP contribution is 2.23. The van der Waals surface area contributed by atoms with E-state index in [1.54, 1.807) is 18.2 Å². The molecule has 0 amide bonds. The van der Waals surface area contributed by atoms with Crippen LogP contribution < -0.4 is 5.73 Å². The zero-order valence-electron chi connectivity index (χ0n) is 10.8. The van der Waals surface area contributed by atoms with Crippen LogP contribution in [-0.4, -0.2) is 23.7 Å². The van der Waals surface area contributed by atoms with Crippen LogP contribution in [0.3, 0.4) is 0 Å². The first-order valence-corrected chi connectivity index (χ1v) is 6.73. The fourth-order valence-corrected chi connectivity index (χ4v) is 2.49. The number of ether oxygens (including phenoxy) is 1. The largest absolute Gasteiger partial charge is 0.468 e. The summed E-state index contributed by atoms with van der Waals surface area (Å²) in [7, 11) is 1.32. The third kappa shape index (κ3) is 3.33. The highest BCUT2D eigenvalue weighted by molar-refractivity contribution is 6.34. The van der Waals surface area contributed by atoms with E-state index in [2.05, 4.69) is 4.74 Å². The van der Waals surface area contributed by atoms with Gasteiger partial charge in [-0.2, -0.15) is 0 Å². The van der Waals surface area contributed by atoms with Crippen molar-refractivity contribution in [1.29, 1.82) is 0 Å². The van der Waals surface area contributed by atoms with Gasteiger partial charge in [0.2, 0.25) is 0 Å². The SMILES string of the molecule is COC(=O)C(N)Cc1cccn1-c1cc(Cl)cc(Cl)c1. The van der Waals surface area contributed by atoms with Crippen LogP contribution in [0.5, 0.6) is 0 Å². The smallest absolute Gasteiger partial charge is 0.323 e. The van der Waals surface area contributed by atoms with E-state index in [-0.39, 0.29) is 0 Å². The molecular formula is C14H14Cl2N2O2. The molecule has 4 nitrogen and oxygen atoms in total. The minimum atomic E-state index is -0.705. The summed E-state index contributed by atoms with van der Waals surface area (Å²) in [5.74, 6) is -0.443. The van der Waals surface area contributed by atoms with E-state index in [0.717, 1.165) is 11.4 Å². The molecule has 1 atom stereocenters. The number of nitrogens with two attached hydrogens (primary N) is 1. The summed E-state index contributed by atoms with van der Waals surface area (Å²) in [5, 5.41) is 1.09. The van der Waals surface area contributed by atoms with Gasteiger partial charge in [-0.1, -0.05) is 23.2 Å². The van der Waals surface area contributed by atoms with Crippen molar-refractivity contribution >= 4 is 29.2 Å². The van der Waals surface area contributed by atoms with Crippen molar-refractivity contribution in [3.63, 3.8) is 0 Å². The molecule has 0 radical (unpaired) electrons. The molecule has 0 aliphatic heterocycles. The molecule has 1 unspecified atom stereocenters. The van der Waals surface area contributed by atoms with Crippen LogP contribution in [0.2, 0.25) is 10.0 Å². The van der Waals surface area contributed by atoms with Gasteiger partial charge in [-0.25, -0.2) is 0 Å². The standard InChI is InChI=1S/C14H14Cl2N2O2/c1-20-14(19)13(17)8-11-3-2-4-18(11)12-6-9(15)5-10(16)7-12/h2-7,13H,8,17H2,1H3. The van der Waals surface area contributed by atoms with Crippen LogP contribution in [-0.2, 0) is 16.0 Å². The van der Waals surface area contributed by atoms with Crippen molar-refractivity contribution in [2.24, 2.45) is 5.73 Å². The number of hydrogen-bond donors (Lipinski definition) is 1. The van der Waals surface area contributed by atoms with Crippen LogP contribution in [0.1, 0.15) is 5.69 Å². The third-order valence-corrected chi connectivity index (χ3v) is 3.33. The zero-order valence-corrected chi connectivity index (χ0v) is 12.4. The van der Waals surface area contributed by atoms with Gasteiger partial charge in [0, 0.05) is 34.0 Å². The number of benzene rings is 1. The quantitative estimate of drug-likeness (QED) is 0.883. The summed E-state index contributed by atoms with van der Waals surface area (Å²) in [6.45, 7) is 0. The number of hydrogen-bond acceptors (Lipinski definition) is 3. The van der Waals surface area contributed by atoms with E-state index in [4.69, 9.17) is 28.9 Å². The Morgan fingerprint density at radius 1 is 1.35 bits per heavy atom. The Morgan fingerprint density at radius 2 is 2.00 bits per heavy atom. The summed E-state index contributed by atoms with van der Waals surface area (Å²) in [6, 6.07) is 8.30. The van der Waals surface area contributed by atoms with Crippen molar-refractivity contribution in [3.8, 4) is 5.69 Å². The molecule has 1 aromatic heterocycles. The average molecular weight is 313 g/mol.